The van der Waals surface area contributed by atoms with E-state index in [9.17, 15) is 4.79 Å². The molecule has 0 aliphatic carbocycles. The van der Waals surface area contributed by atoms with Crippen LogP contribution in [0.5, 0.6) is 5.75 Å². The molecular formula is C26H35BrN2O3. The molecule has 32 heavy (non-hydrogen) atoms. The molecule has 0 atom stereocenters. The maximum atomic E-state index is 12.4. The highest BCUT2D eigenvalue weighted by atomic mass is 79.9. The van der Waals surface area contributed by atoms with E-state index in [-0.39, 0.29) is 12.1 Å². The van der Waals surface area contributed by atoms with Crippen molar-refractivity contribution in [1.82, 2.24) is 9.80 Å². The fourth-order valence-electron chi connectivity index (χ4n) is 4.04. The van der Waals surface area contributed by atoms with Crippen LogP contribution in [0.15, 0.2) is 46.9 Å². The van der Waals surface area contributed by atoms with Crippen molar-refractivity contribution in [2.75, 3.05) is 20.1 Å². The molecule has 1 amide bonds. The van der Waals surface area contributed by atoms with Crippen molar-refractivity contribution in [2.24, 2.45) is 0 Å². The third-order valence-corrected chi connectivity index (χ3v) is 6.18. The van der Waals surface area contributed by atoms with Gasteiger partial charge in [-0.25, -0.2) is 4.79 Å². The summed E-state index contributed by atoms with van der Waals surface area (Å²) in [6, 6.07) is 14.7. The van der Waals surface area contributed by atoms with Crippen LogP contribution < -0.4 is 4.74 Å². The zero-order chi connectivity index (χ0) is 23.3. The van der Waals surface area contributed by atoms with Crippen molar-refractivity contribution in [3.63, 3.8) is 0 Å². The number of piperidine rings is 1. The van der Waals surface area contributed by atoms with Crippen LogP contribution in [0.3, 0.4) is 0 Å². The monoisotopic (exact) mass is 502 g/mol. The first kappa shape index (κ1) is 24.6. The summed E-state index contributed by atoms with van der Waals surface area (Å²) < 4.78 is 12.9. The molecule has 1 saturated heterocycles. The van der Waals surface area contributed by atoms with Crippen LogP contribution in [0.4, 0.5) is 4.79 Å². The van der Waals surface area contributed by atoms with E-state index in [2.05, 4.69) is 52.0 Å². The number of nitrogens with zero attached hydrogens (tertiary/aromatic N) is 2. The van der Waals surface area contributed by atoms with Gasteiger partial charge in [-0.2, -0.15) is 0 Å². The lowest BCUT2D eigenvalue weighted by atomic mass is 10.0. The Kier molecular flexibility index (Phi) is 8.23. The fourth-order valence-corrected chi connectivity index (χ4v) is 4.66. The number of halogens is 1. The standard InChI is InChI=1S/C26H35BrN2O3/c1-19-15-22(27)16-21(24(19)31-18-20-9-7-6-8-10-20)17-29-13-11-23(12-14-29)28(5)25(30)32-26(2,3)4/h6-10,15-16,23H,11-14,17-18H2,1-5H3. The largest absolute Gasteiger partial charge is 0.488 e. The molecule has 1 heterocycles. The molecule has 0 spiro atoms. The SMILES string of the molecule is Cc1cc(Br)cc(CN2CCC(N(C)C(=O)OC(C)(C)C)CC2)c1OCc1ccccc1. The number of amides is 1. The Balaban J connectivity index is 1.61. The van der Waals surface area contributed by atoms with Crippen LogP contribution in [-0.4, -0.2) is 47.7 Å². The van der Waals surface area contributed by atoms with Crippen LogP contribution in [0, 0.1) is 6.92 Å². The van der Waals surface area contributed by atoms with Gasteiger partial charge in [-0.05, 0) is 63.8 Å². The predicted octanol–water partition coefficient (Wildman–Crippen LogP) is 6.17. The lowest BCUT2D eigenvalue weighted by molar-refractivity contribution is 0.0148. The summed E-state index contributed by atoms with van der Waals surface area (Å²) in [6.45, 7) is 11.0. The van der Waals surface area contributed by atoms with Crippen molar-refractivity contribution >= 4 is 22.0 Å². The Hall–Kier alpha value is -2.05. The number of carbonyl (C=O) groups excluding carboxylic acids is 1. The molecule has 0 bridgehead atoms. The Labute approximate surface area is 200 Å². The number of carbonyl (C=O) groups is 1. The Morgan fingerprint density at radius 2 is 1.81 bits per heavy atom. The van der Waals surface area contributed by atoms with E-state index in [0.717, 1.165) is 53.8 Å². The van der Waals surface area contributed by atoms with Crippen molar-refractivity contribution in [1.29, 1.82) is 0 Å². The highest BCUT2D eigenvalue weighted by molar-refractivity contribution is 9.10. The Morgan fingerprint density at radius 1 is 1.16 bits per heavy atom. The van der Waals surface area contributed by atoms with Gasteiger partial charge in [0.25, 0.3) is 0 Å². The molecule has 1 aliphatic heterocycles. The van der Waals surface area contributed by atoms with Gasteiger partial charge in [0.05, 0.1) is 0 Å². The van der Waals surface area contributed by atoms with Gasteiger partial charge in [0.15, 0.2) is 0 Å². The van der Waals surface area contributed by atoms with Gasteiger partial charge < -0.3 is 14.4 Å². The summed E-state index contributed by atoms with van der Waals surface area (Å²) in [6.07, 6.45) is 1.63. The van der Waals surface area contributed by atoms with E-state index < -0.39 is 5.60 Å². The number of aryl methyl sites for hydroxylation is 1. The van der Waals surface area contributed by atoms with Gasteiger partial charge in [0.2, 0.25) is 0 Å². The second-order valence-corrected chi connectivity index (χ2v) is 10.5. The number of hydrogen-bond acceptors (Lipinski definition) is 4. The second kappa shape index (κ2) is 10.7. The molecular weight excluding hydrogens is 468 g/mol. The molecule has 2 aromatic rings. The van der Waals surface area contributed by atoms with Crippen molar-refractivity contribution in [2.45, 2.75) is 65.3 Å². The first-order valence-corrected chi connectivity index (χ1v) is 12.1. The van der Waals surface area contributed by atoms with E-state index in [0.29, 0.717) is 6.61 Å². The normalized spacial score (nSPS) is 15.4. The van der Waals surface area contributed by atoms with Crippen molar-refractivity contribution < 1.29 is 14.3 Å². The highest BCUT2D eigenvalue weighted by Crippen LogP contribution is 2.31. The van der Waals surface area contributed by atoms with Gasteiger partial charge in [0.1, 0.15) is 18.0 Å². The van der Waals surface area contributed by atoms with Crippen LogP contribution in [-0.2, 0) is 17.9 Å². The number of ether oxygens (including phenoxy) is 2. The van der Waals surface area contributed by atoms with E-state index >= 15 is 0 Å². The summed E-state index contributed by atoms with van der Waals surface area (Å²) in [5.74, 6) is 0.963. The summed E-state index contributed by atoms with van der Waals surface area (Å²) in [5, 5.41) is 0. The van der Waals surface area contributed by atoms with Crippen molar-refractivity contribution in [3.05, 3.63) is 63.6 Å². The minimum Gasteiger partial charge on any atom is -0.488 e. The Morgan fingerprint density at radius 3 is 2.44 bits per heavy atom. The molecule has 0 unspecified atom stereocenters. The average Bonchev–Trinajstić information content (AvgIpc) is 2.72. The molecule has 5 nitrogen and oxygen atoms in total. The number of hydrogen-bond donors (Lipinski definition) is 0. The fraction of sp³-hybridized carbons (Fsp3) is 0.500. The van der Waals surface area contributed by atoms with Crippen molar-refractivity contribution in [3.8, 4) is 5.75 Å². The van der Waals surface area contributed by atoms with Gasteiger partial charge in [-0.15, -0.1) is 0 Å². The molecule has 174 valence electrons. The predicted molar refractivity (Wildman–Crippen MR) is 132 cm³/mol. The first-order chi connectivity index (χ1) is 15.1. The third kappa shape index (κ3) is 6.97. The van der Waals surface area contributed by atoms with Gasteiger partial charge in [-0.3, -0.25) is 4.90 Å². The number of likely N-dealkylation sites (tertiary alicyclic amines) is 1. The van der Waals surface area contributed by atoms with Gasteiger partial charge in [-0.1, -0.05) is 46.3 Å². The van der Waals surface area contributed by atoms with E-state index in [1.165, 1.54) is 5.56 Å². The highest BCUT2D eigenvalue weighted by Gasteiger charge is 2.29. The van der Waals surface area contributed by atoms with E-state index in [1.807, 2.05) is 46.0 Å². The average molecular weight is 503 g/mol. The maximum Gasteiger partial charge on any atom is 0.410 e. The smallest absolute Gasteiger partial charge is 0.410 e. The quantitative estimate of drug-likeness (QED) is 0.473. The topological polar surface area (TPSA) is 42.0 Å². The molecule has 0 N–H and O–H groups in total. The lowest BCUT2D eigenvalue weighted by Gasteiger charge is -2.37. The second-order valence-electron chi connectivity index (χ2n) is 9.58. The zero-order valence-electron chi connectivity index (χ0n) is 19.9. The maximum absolute atomic E-state index is 12.4. The van der Waals surface area contributed by atoms with Crippen LogP contribution in [0.1, 0.15) is 50.3 Å². The number of rotatable bonds is 6. The van der Waals surface area contributed by atoms with Gasteiger partial charge in [0, 0.05) is 42.8 Å². The molecule has 3 rings (SSSR count). The summed E-state index contributed by atoms with van der Waals surface area (Å²) >= 11 is 3.64. The molecule has 1 fully saturated rings. The van der Waals surface area contributed by atoms with Gasteiger partial charge >= 0.3 is 6.09 Å². The number of benzene rings is 2. The lowest BCUT2D eigenvalue weighted by Crippen LogP contribution is -2.46. The van der Waals surface area contributed by atoms with E-state index in [1.54, 1.807) is 4.90 Å². The summed E-state index contributed by atoms with van der Waals surface area (Å²) in [5.41, 5.74) is 3.00. The zero-order valence-corrected chi connectivity index (χ0v) is 21.4. The molecule has 0 saturated carbocycles. The van der Waals surface area contributed by atoms with E-state index in [4.69, 9.17) is 9.47 Å². The molecule has 0 radical (unpaired) electrons. The Bertz CT molecular complexity index is 903. The molecule has 0 aromatic heterocycles. The van der Waals surface area contributed by atoms with Crippen LogP contribution in [0.25, 0.3) is 0 Å². The summed E-state index contributed by atoms with van der Waals surface area (Å²) in [4.78, 5) is 16.6. The summed E-state index contributed by atoms with van der Waals surface area (Å²) in [7, 11) is 1.85. The molecule has 2 aromatic carbocycles. The van der Waals surface area contributed by atoms with Crippen LogP contribution >= 0.6 is 15.9 Å². The minimum atomic E-state index is -0.471. The third-order valence-electron chi connectivity index (χ3n) is 5.72. The van der Waals surface area contributed by atoms with Crippen LogP contribution in [0.2, 0.25) is 0 Å². The first-order valence-electron chi connectivity index (χ1n) is 11.3. The molecule has 6 heteroatoms. The molecule has 1 aliphatic rings. The minimum absolute atomic E-state index is 0.208.